The van der Waals surface area contributed by atoms with Gasteiger partial charge in [-0.1, -0.05) is 36.4 Å². The third-order valence-electron chi connectivity index (χ3n) is 5.82. The van der Waals surface area contributed by atoms with E-state index in [1.165, 1.54) is 12.1 Å². The number of anilines is 1. The molecule has 1 N–H and O–H groups in total. The van der Waals surface area contributed by atoms with Gasteiger partial charge in [0.2, 0.25) is 5.91 Å². The lowest BCUT2D eigenvalue weighted by molar-refractivity contribution is -0.137. The summed E-state index contributed by atoms with van der Waals surface area (Å²) in [6, 6.07) is 17.1. The number of rotatable bonds is 4. The smallest absolute Gasteiger partial charge is 0.337 e. The zero-order valence-electron chi connectivity index (χ0n) is 18.3. The van der Waals surface area contributed by atoms with Crippen molar-refractivity contribution in [1.29, 1.82) is 0 Å². The first-order chi connectivity index (χ1) is 16.1. The molecular weight excluding hydrogens is 465 g/mol. The molecule has 0 fully saturated rings. The van der Waals surface area contributed by atoms with Crippen molar-refractivity contribution < 1.29 is 22.8 Å². The second kappa shape index (κ2) is 9.50. The van der Waals surface area contributed by atoms with E-state index in [0.29, 0.717) is 41.9 Å². The number of nitrogens with one attached hydrogen (secondary N) is 1. The summed E-state index contributed by atoms with van der Waals surface area (Å²) >= 11 is 5.93. The molecule has 0 radical (unpaired) electrons. The molecule has 3 aromatic rings. The molecule has 176 valence electrons. The highest BCUT2D eigenvalue weighted by Crippen LogP contribution is 2.32. The summed E-state index contributed by atoms with van der Waals surface area (Å²) in [5.74, 6) is -0.469. The van der Waals surface area contributed by atoms with Crippen molar-refractivity contribution in [2.75, 3.05) is 11.9 Å². The van der Waals surface area contributed by atoms with Crippen LogP contribution in [0.2, 0.25) is 0 Å². The Morgan fingerprint density at radius 3 is 2.38 bits per heavy atom. The van der Waals surface area contributed by atoms with Gasteiger partial charge in [-0.15, -0.1) is 11.6 Å². The second-order valence-electron chi connectivity index (χ2n) is 8.18. The van der Waals surface area contributed by atoms with E-state index >= 15 is 0 Å². The summed E-state index contributed by atoms with van der Waals surface area (Å²) in [7, 11) is 0. The molecule has 1 atom stereocenters. The van der Waals surface area contributed by atoms with E-state index in [1.54, 1.807) is 42.2 Å². The number of halogens is 4. The maximum atomic E-state index is 13.1. The monoisotopic (exact) mass is 486 g/mol. The number of amides is 2. The average molecular weight is 487 g/mol. The molecule has 8 heteroatoms. The Morgan fingerprint density at radius 2 is 1.71 bits per heavy atom. The van der Waals surface area contributed by atoms with Gasteiger partial charge in [-0.3, -0.25) is 9.59 Å². The first-order valence-corrected chi connectivity index (χ1v) is 11.2. The molecule has 1 aliphatic heterocycles. The van der Waals surface area contributed by atoms with Crippen LogP contribution in [0.25, 0.3) is 11.1 Å². The van der Waals surface area contributed by atoms with Crippen molar-refractivity contribution in [3.05, 3.63) is 89.0 Å². The van der Waals surface area contributed by atoms with Gasteiger partial charge in [-0.25, -0.2) is 0 Å². The summed E-state index contributed by atoms with van der Waals surface area (Å²) in [5.41, 5.74) is 3.32. The lowest BCUT2D eigenvalue weighted by Gasteiger charge is -2.30. The maximum absolute atomic E-state index is 13.1. The number of benzene rings is 3. The molecule has 0 aromatic heterocycles. The van der Waals surface area contributed by atoms with Gasteiger partial charge in [0, 0.05) is 24.3 Å². The van der Waals surface area contributed by atoms with Crippen LogP contribution in [0.15, 0.2) is 66.7 Å². The quantitative estimate of drug-likeness (QED) is 0.450. The van der Waals surface area contributed by atoms with E-state index in [0.717, 1.165) is 23.3 Å². The van der Waals surface area contributed by atoms with Crippen LogP contribution in [0, 0.1) is 0 Å². The molecule has 4 nitrogen and oxygen atoms in total. The summed E-state index contributed by atoms with van der Waals surface area (Å²) in [5, 5.41) is 2.31. The number of nitrogens with zero attached hydrogens (tertiary/aromatic N) is 1. The number of fused-ring (bicyclic) bond motifs is 1. The van der Waals surface area contributed by atoms with E-state index in [1.807, 2.05) is 12.1 Å². The molecule has 1 heterocycles. The SMILES string of the molecule is CC(Cl)C(=O)N1CCc2cc(NC(=O)c3ccccc3-c3ccc(C(F)(F)F)cc3)ccc2C1. The van der Waals surface area contributed by atoms with E-state index in [4.69, 9.17) is 11.6 Å². The molecule has 1 aliphatic rings. The molecule has 1 unspecified atom stereocenters. The van der Waals surface area contributed by atoms with Crippen molar-refractivity contribution >= 4 is 29.1 Å². The van der Waals surface area contributed by atoms with E-state index in [2.05, 4.69) is 5.32 Å². The fourth-order valence-electron chi connectivity index (χ4n) is 4.04. The standard InChI is InChI=1S/C26H22ClF3N2O2/c1-16(27)25(34)32-13-12-18-14-21(11-8-19(18)15-32)31-24(33)23-5-3-2-4-22(23)17-6-9-20(10-7-17)26(28,29)30/h2-11,14,16H,12-13,15H2,1H3,(H,31,33). The number of alkyl halides is 4. The zero-order valence-corrected chi connectivity index (χ0v) is 19.1. The first-order valence-electron chi connectivity index (χ1n) is 10.8. The predicted octanol–water partition coefficient (Wildman–Crippen LogP) is 6.14. The van der Waals surface area contributed by atoms with Crippen LogP contribution >= 0.6 is 11.6 Å². The molecule has 0 saturated heterocycles. The van der Waals surface area contributed by atoms with Gasteiger partial charge >= 0.3 is 6.18 Å². The van der Waals surface area contributed by atoms with Crippen LogP contribution in [0.5, 0.6) is 0 Å². The van der Waals surface area contributed by atoms with Crippen LogP contribution in [0.1, 0.15) is 34.0 Å². The van der Waals surface area contributed by atoms with Gasteiger partial charge in [-0.05, 0) is 65.9 Å². The predicted molar refractivity (Wildman–Crippen MR) is 126 cm³/mol. The second-order valence-corrected chi connectivity index (χ2v) is 8.84. The van der Waals surface area contributed by atoms with Gasteiger partial charge in [0.05, 0.1) is 5.56 Å². The molecule has 0 spiro atoms. The third-order valence-corrected chi connectivity index (χ3v) is 6.01. The lowest BCUT2D eigenvalue weighted by atomic mass is 9.97. The van der Waals surface area contributed by atoms with Crippen LogP contribution in [0.4, 0.5) is 18.9 Å². The minimum absolute atomic E-state index is 0.107. The van der Waals surface area contributed by atoms with Crippen molar-refractivity contribution in [3.63, 3.8) is 0 Å². The summed E-state index contributed by atoms with van der Waals surface area (Å²) in [6.45, 7) is 2.67. The van der Waals surface area contributed by atoms with E-state index < -0.39 is 17.1 Å². The number of hydrogen-bond donors (Lipinski definition) is 1. The van der Waals surface area contributed by atoms with Crippen LogP contribution < -0.4 is 5.32 Å². The molecule has 3 aromatic carbocycles. The zero-order chi connectivity index (χ0) is 24.5. The van der Waals surface area contributed by atoms with Crippen LogP contribution in [-0.4, -0.2) is 28.6 Å². The Labute approximate surface area is 200 Å². The molecule has 2 amide bonds. The van der Waals surface area contributed by atoms with Gasteiger partial charge in [0.25, 0.3) is 5.91 Å². The third kappa shape index (κ3) is 5.09. The largest absolute Gasteiger partial charge is 0.416 e. The normalized spacial score (nSPS) is 14.3. The molecule has 0 saturated carbocycles. The van der Waals surface area contributed by atoms with Crippen molar-refractivity contribution in [1.82, 2.24) is 4.90 Å². The first kappa shape index (κ1) is 23.8. The highest BCUT2D eigenvalue weighted by Gasteiger charge is 2.30. The summed E-state index contributed by atoms with van der Waals surface area (Å²) < 4.78 is 38.7. The molecule has 4 rings (SSSR count). The fraction of sp³-hybridized carbons (Fsp3) is 0.231. The van der Waals surface area contributed by atoms with Crippen molar-refractivity contribution in [2.24, 2.45) is 0 Å². The number of hydrogen-bond acceptors (Lipinski definition) is 2. The highest BCUT2D eigenvalue weighted by atomic mass is 35.5. The fourth-order valence-corrected chi connectivity index (χ4v) is 4.18. The number of carbonyl (C=O) groups excluding carboxylic acids is 2. The summed E-state index contributed by atoms with van der Waals surface area (Å²) in [6.07, 6.45) is -3.77. The Hall–Kier alpha value is -3.32. The molecule has 34 heavy (non-hydrogen) atoms. The molecular formula is C26H22ClF3N2O2. The van der Waals surface area contributed by atoms with Crippen molar-refractivity contribution in [2.45, 2.75) is 31.4 Å². The van der Waals surface area contributed by atoms with Gasteiger partial charge in [-0.2, -0.15) is 13.2 Å². The average Bonchev–Trinajstić information content (AvgIpc) is 2.82. The molecule has 0 bridgehead atoms. The Morgan fingerprint density at radius 1 is 1.00 bits per heavy atom. The van der Waals surface area contributed by atoms with Crippen molar-refractivity contribution in [3.8, 4) is 11.1 Å². The van der Waals surface area contributed by atoms with Gasteiger partial charge in [0.1, 0.15) is 5.38 Å². The highest BCUT2D eigenvalue weighted by molar-refractivity contribution is 6.30. The Bertz CT molecular complexity index is 1220. The topological polar surface area (TPSA) is 49.4 Å². The maximum Gasteiger partial charge on any atom is 0.416 e. The van der Waals surface area contributed by atoms with Gasteiger partial charge < -0.3 is 10.2 Å². The Balaban J connectivity index is 1.53. The minimum atomic E-state index is -4.42. The lowest BCUT2D eigenvalue weighted by Crippen LogP contribution is -2.39. The van der Waals surface area contributed by atoms with Gasteiger partial charge in [0.15, 0.2) is 0 Å². The minimum Gasteiger partial charge on any atom is -0.337 e. The van der Waals surface area contributed by atoms with E-state index in [-0.39, 0.29) is 11.8 Å². The van der Waals surface area contributed by atoms with E-state index in [9.17, 15) is 22.8 Å². The number of carbonyl (C=O) groups is 2. The summed E-state index contributed by atoms with van der Waals surface area (Å²) in [4.78, 5) is 27.0. The Kier molecular flexibility index (Phi) is 6.66. The van der Waals surface area contributed by atoms with Crippen LogP contribution in [-0.2, 0) is 23.9 Å². The van der Waals surface area contributed by atoms with Crippen LogP contribution in [0.3, 0.4) is 0 Å². The molecule has 0 aliphatic carbocycles.